The molecule has 3 heterocycles. The molecule has 1 aliphatic heterocycles. The molecule has 2 aromatic heterocycles. The molecule has 7 nitrogen and oxygen atoms in total. The number of piperazine rings is 1. The Hall–Kier alpha value is -4.14. The van der Waals surface area contributed by atoms with Gasteiger partial charge in [0.1, 0.15) is 17.2 Å². The third kappa shape index (κ3) is 4.64. The van der Waals surface area contributed by atoms with Crippen LogP contribution in [0.15, 0.2) is 54.9 Å². The summed E-state index contributed by atoms with van der Waals surface area (Å²) >= 11 is 0. The number of nitrogens with zero attached hydrogens (tertiary/aromatic N) is 3. The minimum Gasteiger partial charge on any atom is -0.495 e. The second kappa shape index (κ2) is 10.7. The first-order valence-electron chi connectivity index (χ1n) is 12.6. The van der Waals surface area contributed by atoms with E-state index in [4.69, 9.17) is 9.47 Å². The summed E-state index contributed by atoms with van der Waals surface area (Å²) in [6, 6.07) is 12.8. The van der Waals surface area contributed by atoms with Crippen LogP contribution in [-0.4, -0.2) is 60.9 Å². The molecule has 4 aromatic rings. The Morgan fingerprint density at radius 3 is 2.55 bits per heavy atom. The molecule has 0 aliphatic carbocycles. The molecule has 5 rings (SSSR count). The first-order chi connectivity index (χ1) is 18.4. The monoisotopic (exact) mass is 520 g/mol. The van der Waals surface area contributed by atoms with Crippen molar-refractivity contribution >= 4 is 22.5 Å². The summed E-state index contributed by atoms with van der Waals surface area (Å²) in [5, 5.41) is 0.514. The Balaban J connectivity index is 1.48. The number of anilines is 1. The van der Waals surface area contributed by atoms with Gasteiger partial charge in [0.15, 0.2) is 5.82 Å². The largest absolute Gasteiger partial charge is 0.495 e. The van der Waals surface area contributed by atoms with Crippen LogP contribution in [0.25, 0.3) is 22.0 Å². The predicted octanol–water partition coefficient (Wildman–Crippen LogP) is 5.77. The number of ether oxygens (including phenoxy) is 2. The Morgan fingerprint density at radius 2 is 1.84 bits per heavy atom. The molecule has 9 heteroatoms. The van der Waals surface area contributed by atoms with E-state index < -0.39 is 12.7 Å². The van der Waals surface area contributed by atoms with Crippen LogP contribution in [0.5, 0.6) is 11.5 Å². The third-order valence-electron chi connectivity index (χ3n) is 7.01. The Bertz CT molecular complexity index is 1460. The van der Waals surface area contributed by atoms with Crippen LogP contribution >= 0.6 is 0 Å². The number of aromatic amines is 1. The second-order valence-electron chi connectivity index (χ2n) is 9.53. The molecule has 0 atom stereocenters. The molecule has 38 heavy (non-hydrogen) atoms. The number of methoxy groups -OCH3 is 1. The highest BCUT2D eigenvalue weighted by atomic mass is 19.1. The Morgan fingerprint density at radius 1 is 1.08 bits per heavy atom. The molecule has 1 fully saturated rings. The Kier molecular flexibility index (Phi) is 7.18. The van der Waals surface area contributed by atoms with Gasteiger partial charge in [-0.3, -0.25) is 9.78 Å². The number of halogens is 2. The lowest BCUT2D eigenvalue weighted by molar-refractivity contribution is 0.0741. The maximum atomic E-state index is 15.6. The molecule has 0 saturated carbocycles. The third-order valence-corrected chi connectivity index (χ3v) is 7.01. The molecular weight excluding hydrogens is 490 g/mol. The minimum atomic E-state index is -1.00. The van der Waals surface area contributed by atoms with Gasteiger partial charge in [-0.1, -0.05) is 26.0 Å². The highest BCUT2D eigenvalue weighted by Crippen LogP contribution is 2.39. The molecule has 1 aliphatic rings. The summed E-state index contributed by atoms with van der Waals surface area (Å²) in [6.07, 6.45) is 3.07. The normalized spacial score (nSPS) is 13.8. The number of H-pyrrole nitrogens is 1. The lowest BCUT2D eigenvalue weighted by atomic mass is 9.94. The maximum Gasteiger partial charge on any atom is 0.270 e. The number of para-hydroxylation sites is 2. The van der Waals surface area contributed by atoms with Gasteiger partial charge >= 0.3 is 0 Å². The smallest absolute Gasteiger partial charge is 0.270 e. The molecule has 198 valence electrons. The van der Waals surface area contributed by atoms with Gasteiger partial charge in [0.25, 0.3) is 5.91 Å². The van der Waals surface area contributed by atoms with E-state index in [0.29, 0.717) is 59.7 Å². The molecule has 1 saturated heterocycles. The highest BCUT2D eigenvalue weighted by Gasteiger charge is 2.27. The van der Waals surface area contributed by atoms with Crippen molar-refractivity contribution < 1.29 is 23.0 Å². The van der Waals surface area contributed by atoms with Crippen LogP contribution in [0.1, 0.15) is 35.8 Å². The maximum absolute atomic E-state index is 15.6. The van der Waals surface area contributed by atoms with Crippen LogP contribution in [0.4, 0.5) is 14.5 Å². The average Bonchev–Trinajstić information content (AvgIpc) is 3.40. The first kappa shape index (κ1) is 25.5. The van der Waals surface area contributed by atoms with E-state index >= 15 is 4.39 Å². The molecule has 0 unspecified atom stereocenters. The van der Waals surface area contributed by atoms with Crippen molar-refractivity contribution in [2.75, 3.05) is 45.0 Å². The van der Waals surface area contributed by atoms with Gasteiger partial charge in [-0.2, -0.15) is 0 Å². The summed E-state index contributed by atoms with van der Waals surface area (Å²) in [4.78, 5) is 24.7. The van der Waals surface area contributed by atoms with E-state index in [1.54, 1.807) is 36.4 Å². The predicted molar refractivity (Wildman–Crippen MR) is 143 cm³/mol. The number of hydrogen-bond donors (Lipinski definition) is 1. The summed E-state index contributed by atoms with van der Waals surface area (Å²) in [6.45, 7) is 5.09. The lowest BCUT2D eigenvalue weighted by Gasteiger charge is -2.36. The van der Waals surface area contributed by atoms with Crippen molar-refractivity contribution in [3.63, 3.8) is 0 Å². The fourth-order valence-corrected chi connectivity index (χ4v) is 5.02. The lowest BCUT2D eigenvalue weighted by Crippen LogP contribution is -2.49. The molecule has 1 amide bonds. The number of rotatable bonds is 7. The van der Waals surface area contributed by atoms with E-state index in [0.717, 1.165) is 11.4 Å². The van der Waals surface area contributed by atoms with Gasteiger partial charge in [0, 0.05) is 49.5 Å². The van der Waals surface area contributed by atoms with E-state index in [1.807, 2.05) is 38.1 Å². The van der Waals surface area contributed by atoms with Gasteiger partial charge in [0.2, 0.25) is 6.86 Å². The number of carbonyl (C=O) groups is 1. The van der Waals surface area contributed by atoms with Crippen LogP contribution in [-0.2, 0) is 0 Å². The van der Waals surface area contributed by atoms with Gasteiger partial charge in [-0.15, -0.1) is 0 Å². The SMILES string of the molecule is COc1ccccc1N1CCN(C(=O)c2cc3c(-c4cnccc4OCF)cc(C(C)C)c(F)c3[nH]2)CC1. The number of pyridine rings is 1. The summed E-state index contributed by atoms with van der Waals surface area (Å²) in [5.74, 6) is 0.357. The van der Waals surface area contributed by atoms with Gasteiger partial charge < -0.3 is 24.3 Å². The van der Waals surface area contributed by atoms with Crippen LogP contribution < -0.4 is 14.4 Å². The topological polar surface area (TPSA) is 70.7 Å². The summed E-state index contributed by atoms with van der Waals surface area (Å²) < 4.78 is 39.4. The molecule has 0 radical (unpaired) electrons. The van der Waals surface area contributed by atoms with Crippen molar-refractivity contribution in [1.29, 1.82) is 0 Å². The van der Waals surface area contributed by atoms with Crippen LogP contribution in [0.3, 0.4) is 0 Å². The number of carbonyl (C=O) groups excluding carboxylic acids is 1. The molecular formula is C29H30F2N4O3. The average molecular weight is 521 g/mol. The van der Waals surface area contributed by atoms with E-state index in [1.165, 1.54) is 6.20 Å². The standard InChI is InChI=1S/C29H30F2N4O3/c1-18(2)19-14-20(22-16-32-9-8-25(22)38-17-30)21-15-23(33-28(21)27(19)31)29(36)35-12-10-34(11-13-35)24-6-4-5-7-26(24)37-3/h4-9,14-16,18,33H,10-13,17H2,1-3H3. The fourth-order valence-electron chi connectivity index (χ4n) is 5.02. The number of nitrogens with one attached hydrogen (secondary N) is 1. The van der Waals surface area contributed by atoms with Gasteiger partial charge in [-0.25, -0.2) is 8.78 Å². The molecule has 0 bridgehead atoms. The number of alkyl halides is 1. The molecule has 0 spiro atoms. The van der Waals surface area contributed by atoms with Crippen molar-refractivity contribution in [3.8, 4) is 22.6 Å². The van der Waals surface area contributed by atoms with Crippen molar-refractivity contribution in [3.05, 3.63) is 71.9 Å². The quantitative estimate of drug-likeness (QED) is 0.335. The number of fused-ring (bicyclic) bond motifs is 1. The zero-order valence-corrected chi connectivity index (χ0v) is 21.6. The van der Waals surface area contributed by atoms with Crippen molar-refractivity contribution in [1.82, 2.24) is 14.9 Å². The van der Waals surface area contributed by atoms with Gasteiger partial charge in [0.05, 0.1) is 18.3 Å². The van der Waals surface area contributed by atoms with Crippen molar-refractivity contribution in [2.45, 2.75) is 19.8 Å². The first-order valence-corrected chi connectivity index (χ1v) is 12.6. The highest BCUT2D eigenvalue weighted by molar-refractivity contribution is 6.04. The van der Waals surface area contributed by atoms with E-state index in [-0.39, 0.29) is 17.3 Å². The van der Waals surface area contributed by atoms with Crippen molar-refractivity contribution in [2.24, 2.45) is 0 Å². The molecule has 1 N–H and O–H groups in total. The van der Waals surface area contributed by atoms with E-state index in [9.17, 15) is 9.18 Å². The Labute approximate surface area is 220 Å². The van der Waals surface area contributed by atoms with Gasteiger partial charge in [-0.05, 0) is 47.4 Å². The summed E-state index contributed by atoms with van der Waals surface area (Å²) in [7, 11) is 1.64. The van der Waals surface area contributed by atoms with Crippen LogP contribution in [0.2, 0.25) is 0 Å². The molecule has 2 aromatic carbocycles. The van der Waals surface area contributed by atoms with Crippen LogP contribution in [0, 0.1) is 5.82 Å². The number of amides is 1. The second-order valence-corrected chi connectivity index (χ2v) is 9.53. The number of hydrogen-bond acceptors (Lipinski definition) is 5. The zero-order valence-electron chi connectivity index (χ0n) is 21.6. The number of benzene rings is 2. The number of aromatic nitrogens is 2. The van der Waals surface area contributed by atoms with E-state index in [2.05, 4.69) is 14.9 Å². The zero-order chi connectivity index (χ0) is 26.8. The summed E-state index contributed by atoms with van der Waals surface area (Å²) in [5.41, 5.74) is 3.15. The fraction of sp³-hybridized carbons (Fsp3) is 0.310. The minimum absolute atomic E-state index is 0.120.